The molecule has 4 rings (SSSR count). The van der Waals surface area contributed by atoms with Crippen LogP contribution in [0.25, 0.3) is 22.6 Å². The van der Waals surface area contributed by atoms with E-state index in [1.54, 1.807) is 42.6 Å². The molecule has 0 saturated carbocycles. The lowest BCUT2D eigenvalue weighted by Gasteiger charge is -2.12. The van der Waals surface area contributed by atoms with Crippen molar-refractivity contribution in [2.45, 2.75) is 19.7 Å². The standard InChI is InChI=1S/C22H18F3N5O3/c1-2-33-21(32)18-11-26-30(20(18)22(23,24)25)16-8-6-15(7-9-16)19-12-29(28-27-19)17-5-3-4-14(10-17)13-31/h3-12,31H,2,13H2,1H3. The monoisotopic (exact) mass is 457 g/mol. The van der Waals surface area contributed by atoms with Crippen molar-refractivity contribution in [3.63, 3.8) is 0 Å². The van der Waals surface area contributed by atoms with Gasteiger partial charge in [0.2, 0.25) is 0 Å². The predicted molar refractivity (Wildman–Crippen MR) is 111 cm³/mol. The van der Waals surface area contributed by atoms with E-state index in [0.29, 0.717) is 21.6 Å². The maximum Gasteiger partial charge on any atom is 0.434 e. The molecule has 2 aromatic carbocycles. The summed E-state index contributed by atoms with van der Waals surface area (Å²) >= 11 is 0. The summed E-state index contributed by atoms with van der Waals surface area (Å²) < 4.78 is 48.0. The minimum Gasteiger partial charge on any atom is -0.462 e. The third-order valence-electron chi connectivity index (χ3n) is 4.79. The molecule has 0 saturated heterocycles. The van der Waals surface area contributed by atoms with E-state index in [-0.39, 0.29) is 18.9 Å². The Morgan fingerprint density at radius 2 is 1.88 bits per heavy atom. The van der Waals surface area contributed by atoms with Gasteiger partial charge in [-0.15, -0.1) is 5.10 Å². The molecule has 4 aromatic rings. The fourth-order valence-electron chi connectivity index (χ4n) is 3.27. The Labute approximate surface area is 185 Å². The number of hydrogen-bond donors (Lipinski definition) is 1. The van der Waals surface area contributed by atoms with Crippen molar-refractivity contribution in [1.29, 1.82) is 0 Å². The lowest BCUT2D eigenvalue weighted by molar-refractivity contribution is -0.143. The zero-order chi connectivity index (χ0) is 23.6. The summed E-state index contributed by atoms with van der Waals surface area (Å²) in [6.45, 7) is 1.34. The van der Waals surface area contributed by atoms with Crippen LogP contribution in [0.5, 0.6) is 0 Å². The first-order chi connectivity index (χ1) is 15.8. The van der Waals surface area contributed by atoms with Gasteiger partial charge in [-0.25, -0.2) is 14.2 Å². The molecule has 0 amide bonds. The molecule has 11 heteroatoms. The highest BCUT2D eigenvalue weighted by atomic mass is 19.4. The van der Waals surface area contributed by atoms with Crippen LogP contribution in [0.3, 0.4) is 0 Å². The topological polar surface area (TPSA) is 95.1 Å². The molecule has 2 aromatic heterocycles. The van der Waals surface area contributed by atoms with Crippen LogP contribution in [-0.2, 0) is 17.5 Å². The first-order valence-corrected chi connectivity index (χ1v) is 9.87. The van der Waals surface area contributed by atoms with Gasteiger partial charge < -0.3 is 9.84 Å². The first kappa shape index (κ1) is 22.2. The Hall–Kier alpha value is -3.99. The first-order valence-electron chi connectivity index (χ1n) is 9.87. The van der Waals surface area contributed by atoms with E-state index in [0.717, 1.165) is 11.8 Å². The van der Waals surface area contributed by atoms with E-state index in [2.05, 4.69) is 15.4 Å². The Morgan fingerprint density at radius 1 is 1.12 bits per heavy atom. The number of carbonyl (C=O) groups is 1. The largest absolute Gasteiger partial charge is 0.462 e. The Bertz CT molecular complexity index is 1280. The lowest BCUT2D eigenvalue weighted by Crippen LogP contribution is -2.18. The van der Waals surface area contributed by atoms with E-state index in [1.165, 1.54) is 23.7 Å². The van der Waals surface area contributed by atoms with Crippen molar-refractivity contribution in [2.75, 3.05) is 6.61 Å². The molecule has 1 N–H and O–H groups in total. The molecule has 2 heterocycles. The zero-order valence-corrected chi connectivity index (χ0v) is 17.3. The highest BCUT2D eigenvalue weighted by Gasteiger charge is 2.41. The zero-order valence-electron chi connectivity index (χ0n) is 17.3. The normalized spacial score (nSPS) is 11.5. The molecule has 0 aliphatic carbocycles. The molecule has 33 heavy (non-hydrogen) atoms. The molecular formula is C22H18F3N5O3. The average molecular weight is 457 g/mol. The van der Waals surface area contributed by atoms with Crippen LogP contribution in [0, 0.1) is 0 Å². The number of alkyl halides is 3. The Kier molecular flexibility index (Phi) is 5.97. The summed E-state index contributed by atoms with van der Waals surface area (Å²) in [7, 11) is 0. The quantitative estimate of drug-likeness (QED) is 0.443. The molecule has 0 radical (unpaired) electrons. The highest BCUT2D eigenvalue weighted by Crippen LogP contribution is 2.34. The van der Waals surface area contributed by atoms with Gasteiger partial charge in [0.25, 0.3) is 0 Å². The van der Waals surface area contributed by atoms with Gasteiger partial charge in [-0.05, 0) is 36.8 Å². The van der Waals surface area contributed by atoms with Crippen molar-refractivity contribution in [3.8, 4) is 22.6 Å². The van der Waals surface area contributed by atoms with Crippen LogP contribution in [-0.4, -0.2) is 42.5 Å². The van der Waals surface area contributed by atoms with Gasteiger partial charge in [0.1, 0.15) is 11.3 Å². The number of halogens is 3. The molecule has 0 spiro atoms. The number of carbonyl (C=O) groups excluding carboxylic acids is 1. The van der Waals surface area contributed by atoms with Crippen molar-refractivity contribution in [1.82, 2.24) is 24.8 Å². The molecule has 170 valence electrons. The maximum absolute atomic E-state index is 13.7. The van der Waals surface area contributed by atoms with Gasteiger partial charge in [-0.2, -0.15) is 18.3 Å². The van der Waals surface area contributed by atoms with E-state index < -0.39 is 23.4 Å². The Balaban J connectivity index is 1.65. The molecule has 0 aliphatic heterocycles. The van der Waals surface area contributed by atoms with Gasteiger partial charge in [0.15, 0.2) is 5.69 Å². The van der Waals surface area contributed by atoms with E-state index in [9.17, 15) is 23.1 Å². The number of nitrogens with zero attached hydrogens (tertiary/aromatic N) is 5. The number of ether oxygens (including phenoxy) is 1. The maximum atomic E-state index is 13.7. The van der Waals surface area contributed by atoms with Crippen molar-refractivity contribution < 1.29 is 27.8 Å². The Morgan fingerprint density at radius 3 is 2.55 bits per heavy atom. The molecule has 0 fully saturated rings. The molecular weight excluding hydrogens is 439 g/mol. The molecule has 0 aliphatic rings. The minimum absolute atomic E-state index is 0.0546. The fourth-order valence-corrected chi connectivity index (χ4v) is 3.27. The summed E-state index contributed by atoms with van der Waals surface area (Å²) in [5.74, 6) is -1.09. The van der Waals surface area contributed by atoms with Gasteiger partial charge in [-0.3, -0.25) is 0 Å². The highest BCUT2D eigenvalue weighted by molar-refractivity contribution is 5.90. The number of esters is 1. The van der Waals surface area contributed by atoms with Crippen LogP contribution < -0.4 is 0 Å². The van der Waals surface area contributed by atoms with Gasteiger partial charge in [0.05, 0.1) is 37.0 Å². The average Bonchev–Trinajstić information content (AvgIpc) is 3.47. The summed E-state index contributed by atoms with van der Waals surface area (Å²) in [4.78, 5) is 11.9. The summed E-state index contributed by atoms with van der Waals surface area (Å²) in [6.07, 6.45) is -2.30. The van der Waals surface area contributed by atoms with Crippen LogP contribution in [0.1, 0.15) is 28.5 Å². The lowest BCUT2D eigenvalue weighted by atomic mass is 10.1. The molecule has 0 atom stereocenters. The van der Waals surface area contributed by atoms with Crippen LogP contribution in [0.15, 0.2) is 60.9 Å². The van der Waals surface area contributed by atoms with Gasteiger partial charge in [-0.1, -0.05) is 29.5 Å². The van der Waals surface area contributed by atoms with Crippen molar-refractivity contribution in [3.05, 3.63) is 77.7 Å². The van der Waals surface area contributed by atoms with Crippen LogP contribution in [0.4, 0.5) is 13.2 Å². The smallest absolute Gasteiger partial charge is 0.434 e. The third-order valence-corrected chi connectivity index (χ3v) is 4.79. The second kappa shape index (κ2) is 8.87. The molecule has 0 unspecified atom stereocenters. The number of benzene rings is 2. The second-order valence-corrected chi connectivity index (χ2v) is 6.96. The SMILES string of the molecule is CCOC(=O)c1cnn(-c2ccc(-c3cn(-c4cccc(CO)c4)nn3)cc2)c1C(F)(F)F. The van der Waals surface area contributed by atoms with Gasteiger partial charge in [0, 0.05) is 5.56 Å². The second-order valence-electron chi connectivity index (χ2n) is 6.96. The third kappa shape index (κ3) is 4.48. The van der Waals surface area contributed by atoms with Crippen molar-refractivity contribution in [2.24, 2.45) is 0 Å². The van der Waals surface area contributed by atoms with E-state index >= 15 is 0 Å². The molecule has 0 bridgehead atoms. The summed E-state index contributed by atoms with van der Waals surface area (Å²) in [6, 6.07) is 13.2. The van der Waals surface area contributed by atoms with E-state index in [1.807, 2.05) is 0 Å². The number of rotatable bonds is 6. The summed E-state index contributed by atoms with van der Waals surface area (Å²) in [5, 5.41) is 21.2. The summed E-state index contributed by atoms with van der Waals surface area (Å²) in [5.41, 5.74) is 0.800. The van der Waals surface area contributed by atoms with Gasteiger partial charge >= 0.3 is 12.1 Å². The minimum atomic E-state index is -4.82. The predicted octanol–water partition coefficient (Wildman–Crippen LogP) is 3.81. The number of aliphatic hydroxyl groups excluding tert-OH is 1. The van der Waals surface area contributed by atoms with Crippen molar-refractivity contribution >= 4 is 5.97 Å². The number of aromatic nitrogens is 5. The van der Waals surface area contributed by atoms with E-state index in [4.69, 9.17) is 4.74 Å². The molecule has 8 nitrogen and oxygen atoms in total. The number of aliphatic hydroxyl groups is 1. The number of hydrogen-bond acceptors (Lipinski definition) is 6. The fraction of sp³-hybridized carbons (Fsp3) is 0.182. The van der Waals surface area contributed by atoms with Crippen LogP contribution >= 0.6 is 0 Å². The van der Waals surface area contributed by atoms with Crippen LogP contribution in [0.2, 0.25) is 0 Å².